The first kappa shape index (κ1) is 17.5. The van der Waals surface area contributed by atoms with Crippen LogP contribution in [-0.2, 0) is 0 Å². The molecule has 0 heterocycles. The molecule has 0 bridgehead atoms. The monoisotopic (exact) mass is 348 g/mol. The van der Waals surface area contributed by atoms with Crippen LogP contribution in [0.3, 0.4) is 0 Å². The van der Waals surface area contributed by atoms with E-state index in [4.69, 9.17) is 14.2 Å². The molecule has 0 aliphatic rings. The van der Waals surface area contributed by atoms with E-state index >= 15 is 0 Å². The van der Waals surface area contributed by atoms with Gasteiger partial charge in [0.1, 0.15) is 30.5 Å². The zero-order chi connectivity index (χ0) is 18.2. The summed E-state index contributed by atoms with van der Waals surface area (Å²) in [6.07, 6.45) is 0. The maximum atomic E-state index is 12.1. The zero-order valence-corrected chi connectivity index (χ0v) is 14.6. The Labute approximate surface area is 153 Å². The molecule has 3 aromatic rings. The third-order valence-electron chi connectivity index (χ3n) is 3.69. The van der Waals surface area contributed by atoms with Crippen LogP contribution in [0.1, 0.15) is 15.9 Å². The lowest BCUT2D eigenvalue weighted by Gasteiger charge is -2.09. The van der Waals surface area contributed by atoms with Gasteiger partial charge in [0.25, 0.3) is 0 Å². The van der Waals surface area contributed by atoms with Gasteiger partial charge in [0.2, 0.25) is 0 Å². The lowest BCUT2D eigenvalue weighted by molar-refractivity contribution is 0.0734. The number of para-hydroxylation sites is 1. The van der Waals surface area contributed by atoms with Crippen molar-refractivity contribution in [3.63, 3.8) is 0 Å². The van der Waals surface area contributed by atoms with Crippen LogP contribution in [0, 0.1) is 6.92 Å². The highest BCUT2D eigenvalue weighted by atomic mass is 16.5. The number of hydrogen-bond acceptors (Lipinski definition) is 4. The van der Waals surface area contributed by atoms with E-state index in [1.165, 1.54) is 0 Å². The van der Waals surface area contributed by atoms with E-state index in [0.717, 1.165) is 11.3 Å². The Kier molecular flexibility index (Phi) is 5.88. The van der Waals surface area contributed by atoms with Gasteiger partial charge in [-0.2, -0.15) is 0 Å². The summed E-state index contributed by atoms with van der Waals surface area (Å²) in [6, 6.07) is 23.8. The maximum Gasteiger partial charge on any atom is 0.343 e. The molecule has 0 N–H and O–H groups in total. The van der Waals surface area contributed by atoms with Crippen LogP contribution < -0.4 is 14.2 Å². The van der Waals surface area contributed by atoms with Crippen LogP contribution in [0.25, 0.3) is 0 Å². The third kappa shape index (κ3) is 5.11. The largest absolute Gasteiger partial charge is 0.490 e. The van der Waals surface area contributed by atoms with Crippen molar-refractivity contribution in [1.82, 2.24) is 0 Å². The fourth-order valence-corrected chi connectivity index (χ4v) is 2.30. The number of carbonyl (C=O) groups excluding carboxylic acids is 1. The summed E-state index contributed by atoms with van der Waals surface area (Å²) in [5.74, 6) is 1.62. The Balaban J connectivity index is 1.46. The summed E-state index contributed by atoms with van der Waals surface area (Å²) in [7, 11) is 0. The topological polar surface area (TPSA) is 44.8 Å². The maximum absolute atomic E-state index is 12.1. The van der Waals surface area contributed by atoms with Crippen molar-refractivity contribution in [3.8, 4) is 17.2 Å². The molecule has 4 heteroatoms. The lowest BCUT2D eigenvalue weighted by Crippen LogP contribution is -2.10. The Morgan fingerprint density at radius 1 is 0.692 bits per heavy atom. The first-order valence-corrected chi connectivity index (χ1v) is 8.40. The van der Waals surface area contributed by atoms with E-state index in [-0.39, 0.29) is 0 Å². The van der Waals surface area contributed by atoms with Crippen LogP contribution in [0.5, 0.6) is 17.2 Å². The highest BCUT2D eigenvalue weighted by molar-refractivity contribution is 5.91. The first-order chi connectivity index (χ1) is 12.7. The fourth-order valence-electron chi connectivity index (χ4n) is 2.30. The summed E-state index contributed by atoms with van der Waals surface area (Å²) >= 11 is 0. The first-order valence-electron chi connectivity index (χ1n) is 8.40. The van der Waals surface area contributed by atoms with Crippen LogP contribution in [0.2, 0.25) is 0 Å². The molecule has 4 nitrogen and oxygen atoms in total. The minimum absolute atomic E-state index is 0.396. The molecule has 0 radical (unpaired) electrons. The average Bonchev–Trinajstić information content (AvgIpc) is 2.68. The van der Waals surface area contributed by atoms with E-state index in [1.54, 1.807) is 36.4 Å². The molecule has 0 amide bonds. The molecule has 0 spiro atoms. The van der Waals surface area contributed by atoms with Crippen LogP contribution in [0.4, 0.5) is 0 Å². The molecular formula is C22H20O4. The highest BCUT2D eigenvalue weighted by Gasteiger charge is 2.08. The molecule has 0 fully saturated rings. The predicted molar refractivity (Wildman–Crippen MR) is 100 cm³/mol. The standard InChI is InChI=1S/C22H20O4/c1-17-7-11-21(12-8-17)26-22(23)18-9-13-20(14-10-18)25-16-15-24-19-5-3-2-4-6-19/h2-14H,15-16H2,1H3. The van der Waals surface area contributed by atoms with Gasteiger partial charge in [-0.15, -0.1) is 0 Å². The van der Waals surface area contributed by atoms with Crippen molar-refractivity contribution in [2.75, 3.05) is 13.2 Å². The van der Waals surface area contributed by atoms with E-state index in [2.05, 4.69) is 0 Å². The van der Waals surface area contributed by atoms with E-state index in [1.807, 2.05) is 49.4 Å². The van der Waals surface area contributed by atoms with Crippen molar-refractivity contribution in [3.05, 3.63) is 90.0 Å². The summed E-state index contributed by atoms with van der Waals surface area (Å²) in [5.41, 5.74) is 1.58. The summed E-state index contributed by atoms with van der Waals surface area (Å²) in [5, 5.41) is 0. The molecule has 3 rings (SSSR count). The second kappa shape index (κ2) is 8.72. The van der Waals surface area contributed by atoms with Crippen molar-refractivity contribution in [1.29, 1.82) is 0 Å². The van der Waals surface area contributed by atoms with Gasteiger partial charge in [-0.1, -0.05) is 35.9 Å². The SMILES string of the molecule is Cc1ccc(OC(=O)c2ccc(OCCOc3ccccc3)cc2)cc1. The molecule has 0 aliphatic heterocycles. The van der Waals surface area contributed by atoms with Gasteiger partial charge < -0.3 is 14.2 Å². The molecule has 0 saturated heterocycles. The number of benzene rings is 3. The van der Waals surface area contributed by atoms with Gasteiger partial charge in [-0.05, 0) is 55.5 Å². The minimum Gasteiger partial charge on any atom is -0.490 e. The molecule has 132 valence electrons. The fraction of sp³-hybridized carbons (Fsp3) is 0.136. The Bertz CT molecular complexity index is 824. The second-order valence-electron chi connectivity index (χ2n) is 5.74. The molecule has 3 aromatic carbocycles. The number of carbonyl (C=O) groups is 1. The van der Waals surface area contributed by atoms with E-state index in [0.29, 0.717) is 30.3 Å². The van der Waals surface area contributed by atoms with Gasteiger partial charge in [0.05, 0.1) is 5.56 Å². The molecule has 0 atom stereocenters. The van der Waals surface area contributed by atoms with Gasteiger partial charge in [-0.3, -0.25) is 0 Å². The third-order valence-corrected chi connectivity index (χ3v) is 3.69. The zero-order valence-electron chi connectivity index (χ0n) is 14.6. The van der Waals surface area contributed by atoms with Gasteiger partial charge in [-0.25, -0.2) is 4.79 Å². The summed E-state index contributed by atoms with van der Waals surface area (Å²) in [6.45, 7) is 2.85. The number of aryl methyl sites for hydroxylation is 1. The molecule has 0 aliphatic carbocycles. The van der Waals surface area contributed by atoms with Crippen LogP contribution >= 0.6 is 0 Å². The second-order valence-corrected chi connectivity index (χ2v) is 5.74. The molecular weight excluding hydrogens is 328 g/mol. The average molecular weight is 348 g/mol. The Morgan fingerprint density at radius 2 is 1.23 bits per heavy atom. The number of esters is 1. The lowest BCUT2D eigenvalue weighted by atomic mass is 10.2. The summed E-state index contributed by atoms with van der Waals surface area (Å²) < 4.78 is 16.5. The molecule has 26 heavy (non-hydrogen) atoms. The Hall–Kier alpha value is -3.27. The number of rotatable bonds is 7. The number of hydrogen-bond donors (Lipinski definition) is 0. The number of ether oxygens (including phenoxy) is 3. The van der Waals surface area contributed by atoms with Crippen LogP contribution in [-0.4, -0.2) is 19.2 Å². The van der Waals surface area contributed by atoms with Gasteiger partial charge in [0.15, 0.2) is 0 Å². The minimum atomic E-state index is -0.396. The smallest absolute Gasteiger partial charge is 0.343 e. The van der Waals surface area contributed by atoms with E-state index < -0.39 is 5.97 Å². The molecule has 0 aromatic heterocycles. The van der Waals surface area contributed by atoms with E-state index in [9.17, 15) is 4.79 Å². The van der Waals surface area contributed by atoms with Crippen molar-refractivity contribution in [2.45, 2.75) is 6.92 Å². The Morgan fingerprint density at radius 3 is 1.85 bits per heavy atom. The normalized spacial score (nSPS) is 10.2. The summed E-state index contributed by atoms with van der Waals surface area (Å²) in [4.78, 5) is 12.1. The van der Waals surface area contributed by atoms with Crippen molar-refractivity contribution >= 4 is 5.97 Å². The highest BCUT2D eigenvalue weighted by Crippen LogP contribution is 2.16. The molecule has 0 saturated carbocycles. The van der Waals surface area contributed by atoms with Crippen molar-refractivity contribution < 1.29 is 19.0 Å². The van der Waals surface area contributed by atoms with Crippen LogP contribution in [0.15, 0.2) is 78.9 Å². The van der Waals surface area contributed by atoms with Gasteiger partial charge >= 0.3 is 5.97 Å². The van der Waals surface area contributed by atoms with Crippen molar-refractivity contribution in [2.24, 2.45) is 0 Å². The molecule has 0 unspecified atom stereocenters. The van der Waals surface area contributed by atoms with Gasteiger partial charge in [0, 0.05) is 0 Å². The quantitative estimate of drug-likeness (QED) is 0.353. The predicted octanol–water partition coefficient (Wildman–Crippen LogP) is 4.67.